The van der Waals surface area contributed by atoms with Crippen LogP contribution in [0.4, 0.5) is 0 Å². The molecular formula is C23H19N3O4. The minimum Gasteiger partial charge on any atom is -0.490 e. The van der Waals surface area contributed by atoms with Crippen LogP contribution in [-0.2, 0) is 6.54 Å². The van der Waals surface area contributed by atoms with E-state index >= 15 is 0 Å². The molecule has 0 unspecified atom stereocenters. The number of nitrogens with zero attached hydrogens (tertiary/aromatic N) is 3. The Morgan fingerprint density at radius 1 is 0.833 bits per heavy atom. The van der Waals surface area contributed by atoms with E-state index in [0.29, 0.717) is 30.4 Å². The van der Waals surface area contributed by atoms with E-state index in [4.69, 9.17) is 14.0 Å². The Balaban J connectivity index is 1.43. The van der Waals surface area contributed by atoms with Crippen molar-refractivity contribution >= 4 is 0 Å². The van der Waals surface area contributed by atoms with E-state index in [-0.39, 0.29) is 12.1 Å². The quantitative estimate of drug-likeness (QED) is 0.518. The maximum atomic E-state index is 12.4. The molecule has 0 radical (unpaired) electrons. The second kappa shape index (κ2) is 7.87. The van der Waals surface area contributed by atoms with E-state index in [1.54, 1.807) is 6.07 Å². The topological polar surface area (TPSA) is 79.4 Å². The second-order valence-electron chi connectivity index (χ2n) is 6.97. The third kappa shape index (κ3) is 3.69. The summed E-state index contributed by atoms with van der Waals surface area (Å²) in [4.78, 5) is 12.4. The molecule has 2 aromatic carbocycles. The fourth-order valence-corrected chi connectivity index (χ4v) is 3.32. The van der Waals surface area contributed by atoms with E-state index in [1.165, 1.54) is 10.7 Å². The summed E-state index contributed by atoms with van der Waals surface area (Å²) >= 11 is 0. The van der Waals surface area contributed by atoms with Gasteiger partial charge >= 0.3 is 0 Å². The fraction of sp³-hybridized carbons (Fsp3) is 0.174. The Morgan fingerprint density at radius 3 is 2.53 bits per heavy atom. The molecule has 4 aromatic rings. The lowest BCUT2D eigenvalue weighted by molar-refractivity contribution is 0.297. The summed E-state index contributed by atoms with van der Waals surface area (Å²) in [5.41, 5.74) is 2.96. The highest BCUT2D eigenvalue weighted by atomic mass is 16.5. The Labute approximate surface area is 172 Å². The van der Waals surface area contributed by atoms with Crippen LogP contribution in [0, 0.1) is 0 Å². The van der Waals surface area contributed by atoms with E-state index in [2.05, 4.69) is 10.3 Å². The highest BCUT2D eigenvalue weighted by Crippen LogP contribution is 2.33. The summed E-state index contributed by atoms with van der Waals surface area (Å²) in [5, 5.41) is 8.61. The zero-order valence-corrected chi connectivity index (χ0v) is 16.2. The molecule has 2 aromatic heterocycles. The van der Waals surface area contributed by atoms with Gasteiger partial charge in [-0.3, -0.25) is 4.79 Å². The molecule has 7 nitrogen and oxygen atoms in total. The molecule has 0 spiro atoms. The third-order valence-corrected chi connectivity index (χ3v) is 4.84. The van der Waals surface area contributed by atoms with Crippen LogP contribution in [-0.4, -0.2) is 28.2 Å². The standard InChI is InChI=1S/C23H19N3O4/c27-23-10-8-19(17-7-9-21-22(13-17)29-12-4-11-28-21)24-26(23)15-18-14-20(25-30-18)16-5-2-1-3-6-16/h1-3,5-10,13-14H,4,11-12,15H2. The molecule has 0 N–H and O–H groups in total. The molecule has 0 saturated heterocycles. The highest BCUT2D eigenvalue weighted by Gasteiger charge is 2.14. The van der Waals surface area contributed by atoms with Gasteiger partial charge < -0.3 is 14.0 Å². The van der Waals surface area contributed by atoms with Crippen molar-refractivity contribution in [3.8, 4) is 34.0 Å². The molecule has 1 aliphatic rings. The van der Waals surface area contributed by atoms with Crippen molar-refractivity contribution in [2.75, 3.05) is 13.2 Å². The lowest BCUT2D eigenvalue weighted by Gasteiger charge is -2.10. The van der Waals surface area contributed by atoms with Crippen LogP contribution in [0.5, 0.6) is 11.5 Å². The molecule has 7 heteroatoms. The molecule has 0 amide bonds. The first kappa shape index (κ1) is 18.2. The summed E-state index contributed by atoms with van der Waals surface area (Å²) in [6, 6.07) is 20.4. The fourth-order valence-electron chi connectivity index (χ4n) is 3.32. The van der Waals surface area contributed by atoms with Gasteiger partial charge in [0, 0.05) is 29.7 Å². The minimum atomic E-state index is -0.217. The van der Waals surface area contributed by atoms with Crippen molar-refractivity contribution in [1.82, 2.24) is 14.9 Å². The van der Waals surface area contributed by atoms with Gasteiger partial charge in [0.15, 0.2) is 17.3 Å². The van der Waals surface area contributed by atoms with Gasteiger partial charge in [-0.15, -0.1) is 0 Å². The summed E-state index contributed by atoms with van der Waals surface area (Å²) in [6.07, 6.45) is 0.843. The van der Waals surface area contributed by atoms with Gasteiger partial charge in [0.05, 0.1) is 18.9 Å². The number of fused-ring (bicyclic) bond motifs is 1. The third-order valence-electron chi connectivity index (χ3n) is 4.84. The number of benzene rings is 2. The lowest BCUT2D eigenvalue weighted by Crippen LogP contribution is -2.22. The SMILES string of the molecule is O=c1ccc(-c2ccc3c(c2)OCCCO3)nn1Cc1cc(-c2ccccc2)no1. The molecule has 3 heterocycles. The van der Waals surface area contributed by atoms with Gasteiger partial charge in [0.1, 0.15) is 12.2 Å². The summed E-state index contributed by atoms with van der Waals surface area (Å²) in [7, 11) is 0. The molecule has 0 atom stereocenters. The van der Waals surface area contributed by atoms with Gasteiger partial charge in [0.2, 0.25) is 0 Å². The van der Waals surface area contributed by atoms with Crippen molar-refractivity contribution in [3.63, 3.8) is 0 Å². The monoisotopic (exact) mass is 401 g/mol. The van der Waals surface area contributed by atoms with Crippen LogP contribution in [0.15, 0.2) is 76.0 Å². The van der Waals surface area contributed by atoms with Crippen LogP contribution >= 0.6 is 0 Å². The Morgan fingerprint density at radius 2 is 1.67 bits per heavy atom. The van der Waals surface area contributed by atoms with Crippen LogP contribution < -0.4 is 15.0 Å². The number of rotatable bonds is 4. The number of ether oxygens (including phenoxy) is 2. The normalized spacial score (nSPS) is 13.1. The maximum absolute atomic E-state index is 12.4. The highest BCUT2D eigenvalue weighted by molar-refractivity contribution is 5.63. The first-order valence-corrected chi connectivity index (χ1v) is 9.75. The summed E-state index contributed by atoms with van der Waals surface area (Å²) < 4.78 is 18.2. The number of hydrogen-bond donors (Lipinski definition) is 0. The van der Waals surface area contributed by atoms with E-state index < -0.39 is 0 Å². The maximum Gasteiger partial charge on any atom is 0.267 e. The molecule has 0 bridgehead atoms. The zero-order valence-electron chi connectivity index (χ0n) is 16.2. The smallest absolute Gasteiger partial charge is 0.267 e. The molecular weight excluding hydrogens is 382 g/mol. The van der Waals surface area contributed by atoms with Crippen molar-refractivity contribution in [3.05, 3.63) is 82.8 Å². The second-order valence-corrected chi connectivity index (χ2v) is 6.97. The molecule has 5 rings (SSSR count). The van der Waals surface area contributed by atoms with Gasteiger partial charge in [0.25, 0.3) is 5.56 Å². The molecule has 0 saturated carbocycles. The van der Waals surface area contributed by atoms with Crippen LogP contribution in [0.2, 0.25) is 0 Å². The van der Waals surface area contributed by atoms with Gasteiger partial charge in [-0.05, 0) is 24.3 Å². The van der Waals surface area contributed by atoms with Crippen LogP contribution in [0.3, 0.4) is 0 Å². The predicted molar refractivity (Wildman–Crippen MR) is 111 cm³/mol. The number of aromatic nitrogens is 3. The minimum absolute atomic E-state index is 0.192. The molecule has 30 heavy (non-hydrogen) atoms. The molecule has 150 valence electrons. The van der Waals surface area contributed by atoms with Crippen molar-refractivity contribution in [1.29, 1.82) is 0 Å². The van der Waals surface area contributed by atoms with Crippen molar-refractivity contribution in [2.24, 2.45) is 0 Å². The van der Waals surface area contributed by atoms with Gasteiger partial charge in [-0.25, -0.2) is 4.68 Å². The first-order valence-electron chi connectivity index (χ1n) is 9.75. The Kier molecular flexibility index (Phi) is 4.77. The Hall–Kier alpha value is -3.87. The lowest BCUT2D eigenvalue weighted by atomic mass is 10.1. The zero-order chi connectivity index (χ0) is 20.3. The average Bonchev–Trinajstić information content (AvgIpc) is 3.12. The van der Waals surface area contributed by atoms with E-state index in [1.807, 2.05) is 54.6 Å². The van der Waals surface area contributed by atoms with Crippen molar-refractivity contribution < 1.29 is 14.0 Å². The molecule has 1 aliphatic heterocycles. The van der Waals surface area contributed by atoms with Crippen molar-refractivity contribution in [2.45, 2.75) is 13.0 Å². The molecule has 0 fully saturated rings. The van der Waals surface area contributed by atoms with E-state index in [0.717, 1.165) is 29.0 Å². The summed E-state index contributed by atoms with van der Waals surface area (Å²) in [5.74, 6) is 1.96. The number of hydrogen-bond acceptors (Lipinski definition) is 6. The largest absolute Gasteiger partial charge is 0.490 e. The average molecular weight is 401 g/mol. The van der Waals surface area contributed by atoms with Gasteiger partial charge in [-0.2, -0.15) is 5.10 Å². The van der Waals surface area contributed by atoms with Gasteiger partial charge in [-0.1, -0.05) is 35.5 Å². The van der Waals surface area contributed by atoms with Crippen LogP contribution in [0.25, 0.3) is 22.5 Å². The van der Waals surface area contributed by atoms with E-state index in [9.17, 15) is 4.79 Å². The van der Waals surface area contributed by atoms with Crippen LogP contribution in [0.1, 0.15) is 12.2 Å². The first-order chi connectivity index (χ1) is 14.8. The predicted octanol–water partition coefficient (Wildman–Crippen LogP) is 3.77. The Bertz CT molecular complexity index is 1230. The summed E-state index contributed by atoms with van der Waals surface area (Å²) in [6.45, 7) is 1.44. The molecule has 0 aliphatic carbocycles.